The van der Waals surface area contributed by atoms with Crippen molar-refractivity contribution in [2.45, 2.75) is 19.4 Å². The van der Waals surface area contributed by atoms with Gasteiger partial charge in [-0.3, -0.25) is 4.90 Å². The van der Waals surface area contributed by atoms with Crippen LogP contribution in [0.25, 0.3) is 11.1 Å². The fraction of sp³-hybridized carbons (Fsp3) is 0.250. The summed E-state index contributed by atoms with van der Waals surface area (Å²) in [5.74, 6) is -0.422. The Labute approximate surface area is 132 Å². The van der Waals surface area contributed by atoms with Crippen molar-refractivity contribution < 1.29 is 13.9 Å². The van der Waals surface area contributed by atoms with Crippen molar-refractivity contribution in [3.8, 4) is 11.1 Å². The van der Waals surface area contributed by atoms with Crippen molar-refractivity contribution in [1.82, 2.24) is 4.98 Å². The van der Waals surface area contributed by atoms with Crippen LogP contribution in [-0.2, 0) is 4.74 Å². The number of nitrogens with zero attached hydrogens (tertiary/aromatic N) is 2. The third kappa shape index (κ3) is 2.76. The minimum Gasteiger partial charge on any atom is -0.444 e. The number of benzene rings is 1. The molecule has 2 aromatic rings. The summed E-state index contributed by atoms with van der Waals surface area (Å²) in [6.07, 6.45) is 1.67. The molecule has 4 nitrogen and oxygen atoms in total. The van der Waals surface area contributed by atoms with Gasteiger partial charge in [0.25, 0.3) is 0 Å². The van der Waals surface area contributed by atoms with Crippen molar-refractivity contribution in [2.75, 3.05) is 11.4 Å². The van der Waals surface area contributed by atoms with Gasteiger partial charge in [-0.1, -0.05) is 18.5 Å². The first-order valence-electron chi connectivity index (χ1n) is 6.98. The highest BCUT2D eigenvalue weighted by Crippen LogP contribution is 2.29. The smallest absolute Gasteiger partial charge is 0.414 e. The van der Waals surface area contributed by atoms with Gasteiger partial charge >= 0.3 is 6.09 Å². The van der Waals surface area contributed by atoms with Crippen LogP contribution in [0.3, 0.4) is 0 Å². The number of pyridine rings is 1. The lowest BCUT2D eigenvalue weighted by Gasteiger charge is -2.14. The molecule has 1 aliphatic rings. The van der Waals surface area contributed by atoms with Gasteiger partial charge in [-0.05, 0) is 36.8 Å². The van der Waals surface area contributed by atoms with Gasteiger partial charge in [0.15, 0.2) is 0 Å². The summed E-state index contributed by atoms with van der Waals surface area (Å²) in [4.78, 5) is 17.2. The lowest BCUT2D eigenvalue weighted by atomic mass is 10.1. The second-order valence-electron chi connectivity index (χ2n) is 5.06. The van der Waals surface area contributed by atoms with Gasteiger partial charge in [0.1, 0.15) is 17.1 Å². The molecule has 1 amide bonds. The number of anilines is 1. The molecule has 114 valence electrons. The molecule has 6 heteroatoms. The molecule has 0 spiro atoms. The molecule has 1 aromatic heterocycles. The van der Waals surface area contributed by atoms with Gasteiger partial charge in [0.2, 0.25) is 0 Å². The molecule has 0 bridgehead atoms. The molecule has 1 atom stereocenters. The molecular formula is C16H14ClFN2O2. The maximum Gasteiger partial charge on any atom is 0.414 e. The molecule has 22 heavy (non-hydrogen) atoms. The third-order valence-electron chi connectivity index (χ3n) is 3.63. The van der Waals surface area contributed by atoms with Gasteiger partial charge in [0, 0.05) is 17.3 Å². The molecule has 1 aromatic carbocycles. The molecule has 3 rings (SSSR count). The van der Waals surface area contributed by atoms with Crippen LogP contribution in [0.5, 0.6) is 0 Å². The van der Waals surface area contributed by atoms with Crippen molar-refractivity contribution in [3.05, 3.63) is 47.5 Å². The SMILES string of the molecule is CCC1CN(c2ccc(-c3ccc(Cl)nc3)c(F)c2)C(=O)O1. The van der Waals surface area contributed by atoms with Gasteiger partial charge < -0.3 is 4.74 Å². The fourth-order valence-electron chi connectivity index (χ4n) is 2.39. The highest BCUT2D eigenvalue weighted by molar-refractivity contribution is 6.29. The minimum atomic E-state index is -0.438. The van der Waals surface area contributed by atoms with E-state index in [0.717, 1.165) is 6.42 Å². The fourth-order valence-corrected chi connectivity index (χ4v) is 2.50. The molecule has 1 unspecified atom stereocenters. The van der Waals surface area contributed by atoms with Crippen LogP contribution in [0.1, 0.15) is 13.3 Å². The molecule has 1 saturated heterocycles. The Hall–Kier alpha value is -2.14. The number of amides is 1. The van der Waals surface area contributed by atoms with Gasteiger partial charge in [-0.2, -0.15) is 0 Å². The molecular weight excluding hydrogens is 307 g/mol. The second-order valence-corrected chi connectivity index (χ2v) is 5.45. The van der Waals surface area contributed by atoms with E-state index in [1.54, 1.807) is 24.3 Å². The van der Waals surface area contributed by atoms with Crippen LogP contribution in [0.4, 0.5) is 14.9 Å². The zero-order valence-electron chi connectivity index (χ0n) is 11.9. The summed E-state index contributed by atoms with van der Waals surface area (Å²) in [6, 6.07) is 7.97. The Morgan fingerprint density at radius 1 is 1.41 bits per heavy atom. The maximum absolute atomic E-state index is 14.4. The molecule has 1 fully saturated rings. The summed E-state index contributed by atoms with van der Waals surface area (Å²) >= 11 is 5.73. The number of halogens is 2. The predicted octanol–water partition coefficient (Wildman–Crippen LogP) is 4.28. The van der Waals surface area contributed by atoms with Gasteiger partial charge in [0.05, 0.1) is 12.2 Å². The van der Waals surface area contributed by atoms with E-state index in [9.17, 15) is 9.18 Å². The van der Waals surface area contributed by atoms with E-state index in [1.807, 2.05) is 6.92 Å². The van der Waals surface area contributed by atoms with Crippen LogP contribution >= 0.6 is 11.6 Å². The van der Waals surface area contributed by atoms with E-state index in [1.165, 1.54) is 17.2 Å². The minimum absolute atomic E-state index is 0.143. The second kappa shape index (κ2) is 5.93. The summed E-state index contributed by atoms with van der Waals surface area (Å²) in [6.45, 7) is 2.38. The van der Waals surface area contributed by atoms with Crippen molar-refractivity contribution in [2.24, 2.45) is 0 Å². The number of ether oxygens (including phenoxy) is 1. The van der Waals surface area contributed by atoms with Crippen molar-refractivity contribution >= 4 is 23.4 Å². The lowest BCUT2D eigenvalue weighted by molar-refractivity contribution is 0.139. The molecule has 2 heterocycles. The van der Waals surface area contributed by atoms with E-state index < -0.39 is 11.9 Å². The van der Waals surface area contributed by atoms with E-state index >= 15 is 0 Å². The Balaban J connectivity index is 1.89. The third-order valence-corrected chi connectivity index (χ3v) is 3.86. The Morgan fingerprint density at radius 2 is 2.23 bits per heavy atom. The summed E-state index contributed by atoms with van der Waals surface area (Å²) in [5, 5.41) is 0.353. The quantitative estimate of drug-likeness (QED) is 0.793. The molecule has 0 radical (unpaired) electrons. The number of carbonyl (C=O) groups is 1. The van der Waals surface area contributed by atoms with Crippen LogP contribution in [0, 0.1) is 5.82 Å². The molecule has 0 N–H and O–H groups in total. The number of cyclic esters (lactones) is 1. The first-order chi connectivity index (χ1) is 10.6. The van der Waals surface area contributed by atoms with E-state index in [4.69, 9.17) is 16.3 Å². The highest BCUT2D eigenvalue weighted by Gasteiger charge is 2.31. The maximum atomic E-state index is 14.4. The first-order valence-corrected chi connectivity index (χ1v) is 7.36. The predicted molar refractivity (Wildman–Crippen MR) is 82.5 cm³/mol. The molecule has 1 aliphatic heterocycles. The number of aromatic nitrogens is 1. The Bertz CT molecular complexity index is 706. The Kier molecular flexibility index (Phi) is 3.98. The number of rotatable bonds is 3. The zero-order valence-corrected chi connectivity index (χ0v) is 12.7. The topological polar surface area (TPSA) is 42.4 Å². The average molecular weight is 321 g/mol. The van der Waals surface area contributed by atoms with E-state index in [2.05, 4.69) is 4.98 Å². The largest absolute Gasteiger partial charge is 0.444 e. The van der Waals surface area contributed by atoms with Crippen LogP contribution < -0.4 is 4.90 Å². The molecule has 0 aliphatic carbocycles. The lowest BCUT2D eigenvalue weighted by Crippen LogP contribution is -2.24. The first kappa shape index (κ1) is 14.8. The highest BCUT2D eigenvalue weighted by atomic mass is 35.5. The summed E-state index contributed by atoms with van der Waals surface area (Å²) in [5.41, 5.74) is 1.53. The number of carbonyl (C=O) groups excluding carboxylic acids is 1. The average Bonchev–Trinajstić information content (AvgIpc) is 2.89. The van der Waals surface area contributed by atoms with Crippen LogP contribution in [-0.4, -0.2) is 23.7 Å². The number of hydrogen-bond donors (Lipinski definition) is 0. The normalized spacial score (nSPS) is 17.7. The Morgan fingerprint density at radius 3 is 2.82 bits per heavy atom. The zero-order chi connectivity index (χ0) is 15.7. The van der Waals surface area contributed by atoms with Crippen LogP contribution in [0.15, 0.2) is 36.5 Å². The van der Waals surface area contributed by atoms with Crippen LogP contribution in [0.2, 0.25) is 5.15 Å². The summed E-state index contributed by atoms with van der Waals surface area (Å²) in [7, 11) is 0. The monoisotopic (exact) mass is 320 g/mol. The van der Waals surface area contributed by atoms with E-state index in [-0.39, 0.29) is 6.10 Å². The van der Waals surface area contributed by atoms with Gasteiger partial charge in [-0.15, -0.1) is 0 Å². The number of hydrogen-bond acceptors (Lipinski definition) is 3. The van der Waals surface area contributed by atoms with E-state index in [0.29, 0.717) is 28.5 Å². The van der Waals surface area contributed by atoms with Crippen molar-refractivity contribution in [1.29, 1.82) is 0 Å². The summed E-state index contributed by atoms with van der Waals surface area (Å²) < 4.78 is 19.5. The van der Waals surface area contributed by atoms with Crippen molar-refractivity contribution in [3.63, 3.8) is 0 Å². The molecule has 0 saturated carbocycles. The van der Waals surface area contributed by atoms with Gasteiger partial charge in [-0.25, -0.2) is 14.2 Å². The standard InChI is InChI=1S/C16H14ClFN2O2/c1-2-12-9-20(16(21)22-12)11-4-5-13(14(18)7-11)10-3-6-15(17)19-8-10/h3-8,12H,2,9H2,1H3.